The Hall–Kier alpha value is -0.870. The third-order valence-electron chi connectivity index (χ3n) is 2.93. The van der Waals surface area contributed by atoms with Crippen LogP contribution in [-0.4, -0.2) is 32.1 Å². The van der Waals surface area contributed by atoms with Gasteiger partial charge < -0.3 is 0 Å². The molecule has 4 heteroatoms. The summed E-state index contributed by atoms with van der Waals surface area (Å²) < 4.78 is 24.5. The second kappa shape index (κ2) is 4.55. The third-order valence-corrected chi connectivity index (χ3v) is 4.20. The van der Waals surface area contributed by atoms with Crippen LogP contribution in [0.15, 0.2) is 30.3 Å². The standard InChI is InChI=1S/C12H16NO2S/c1-16(14,15)13-9-5-8-12(10-13)11-6-3-2-4-7-11/h2-4,6-8,12H,5,9-10H2,1H3. The van der Waals surface area contributed by atoms with E-state index in [-0.39, 0.29) is 5.92 Å². The van der Waals surface area contributed by atoms with Crippen molar-refractivity contribution in [1.29, 1.82) is 0 Å². The van der Waals surface area contributed by atoms with Crippen LogP contribution in [0.25, 0.3) is 0 Å². The van der Waals surface area contributed by atoms with E-state index >= 15 is 0 Å². The molecule has 0 aromatic heterocycles. The fourth-order valence-electron chi connectivity index (χ4n) is 2.05. The molecule has 3 nitrogen and oxygen atoms in total. The molecule has 0 aliphatic carbocycles. The largest absolute Gasteiger partial charge is 0.213 e. The molecule has 1 fully saturated rings. The van der Waals surface area contributed by atoms with Gasteiger partial charge in [-0.2, -0.15) is 0 Å². The lowest BCUT2D eigenvalue weighted by atomic mass is 9.92. The molecule has 1 atom stereocenters. The summed E-state index contributed by atoms with van der Waals surface area (Å²) in [6.07, 6.45) is 4.31. The lowest BCUT2D eigenvalue weighted by Gasteiger charge is -2.30. The van der Waals surface area contributed by atoms with E-state index in [1.807, 2.05) is 30.3 Å². The molecule has 0 amide bonds. The quantitative estimate of drug-likeness (QED) is 0.785. The van der Waals surface area contributed by atoms with E-state index < -0.39 is 10.0 Å². The Bertz CT molecular complexity index is 441. The van der Waals surface area contributed by atoms with E-state index in [1.54, 1.807) is 4.31 Å². The second-order valence-corrected chi connectivity index (χ2v) is 6.14. The van der Waals surface area contributed by atoms with Gasteiger partial charge in [0.05, 0.1) is 6.26 Å². The smallest absolute Gasteiger partial charge is 0.211 e. The van der Waals surface area contributed by atoms with Gasteiger partial charge in [0.15, 0.2) is 0 Å². The molecule has 1 aliphatic heterocycles. The van der Waals surface area contributed by atoms with E-state index in [0.717, 1.165) is 6.42 Å². The minimum absolute atomic E-state index is 0.227. The van der Waals surface area contributed by atoms with Gasteiger partial charge in [0.25, 0.3) is 0 Å². The second-order valence-electron chi connectivity index (χ2n) is 4.16. The maximum Gasteiger partial charge on any atom is 0.211 e. The summed E-state index contributed by atoms with van der Waals surface area (Å²) in [5.41, 5.74) is 1.19. The van der Waals surface area contributed by atoms with Gasteiger partial charge in [0.2, 0.25) is 10.0 Å². The Kier molecular flexibility index (Phi) is 3.30. The Labute approximate surface area is 97.1 Å². The number of nitrogens with zero attached hydrogens (tertiary/aromatic N) is 1. The number of hydrogen-bond acceptors (Lipinski definition) is 2. The topological polar surface area (TPSA) is 37.4 Å². The van der Waals surface area contributed by atoms with Crippen LogP contribution < -0.4 is 0 Å². The summed E-state index contributed by atoms with van der Waals surface area (Å²) in [6.45, 7) is 1.19. The molecule has 0 N–H and O–H groups in total. The fraction of sp³-hybridized carbons (Fsp3) is 0.417. The molecule has 1 saturated heterocycles. The van der Waals surface area contributed by atoms with Crippen LogP contribution in [0.3, 0.4) is 0 Å². The van der Waals surface area contributed by atoms with Crippen LogP contribution in [0.4, 0.5) is 0 Å². The normalized spacial score (nSPS) is 23.2. The monoisotopic (exact) mass is 238 g/mol. The molecule has 2 rings (SSSR count). The SMILES string of the molecule is CS(=O)(=O)N1CC[CH]C(c2ccccc2)C1. The first-order valence-corrected chi connectivity index (χ1v) is 7.25. The van der Waals surface area contributed by atoms with Gasteiger partial charge in [-0.3, -0.25) is 0 Å². The van der Waals surface area contributed by atoms with Crippen molar-refractivity contribution in [3.63, 3.8) is 0 Å². The van der Waals surface area contributed by atoms with Gasteiger partial charge in [-0.25, -0.2) is 12.7 Å². The van der Waals surface area contributed by atoms with E-state index in [2.05, 4.69) is 6.42 Å². The van der Waals surface area contributed by atoms with Crippen molar-refractivity contribution >= 4 is 10.0 Å². The summed E-state index contributed by atoms with van der Waals surface area (Å²) in [7, 11) is -3.05. The van der Waals surface area contributed by atoms with Gasteiger partial charge in [-0.1, -0.05) is 30.3 Å². The van der Waals surface area contributed by atoms with Gasteiger partial charge in [0.1, 0.15) is 0 Å². The molecule has 87 valence electrons. The van der Waals surface area contributed by atoms with Crippen molar-refractivity contribution in [2.75, 3.05) is 19.3 Å². The molecule has 1 aromatic rings. The Morgan fingerprint density at radius 2 is 1.94 bits per heavy atom. The molecule has 1 aliphatic rings. The highest BCUT2D eigenvalue weighted by molar-refractivity contribution is 7.88. The summed E-state index contributed by atoms with van der Waals surface area (Å²) in [6, 6.07) is 10.0. The number of rotatable bonds is 2. The maximum absolute atomic E-state index is 11.5. The molecular formula is C12H16NO2S. The molecule has 1 unspecified atom stereocenters. The first-order chi connectivity index (χ1) is 7.57. The molecule has 1 heterocycles. The first kappa shape index (κ1) is 11.6. The number of piperidine rings is 1. The maximum atomic E-state index is 11.5. The Balaban J connectivity index is 2.14. The van der Waals surface area contributed by atoms with Crippen LogP contribution in [-0.2, 0) is 10.0 Å². The van der Waals surface area contributed by atoms with Crippen molar-refractivity contribution in [2.24, 2.45) is 0 Å². The molecule has 16 heavy (non-hydrogen) atoms. The van der Waals surface area contributed by atoms with Crippen LogP contribution >= 0.6 is 0 Å². The molecule has 0 bridgehead atoms. The summed E-state index contributed by atoms with van der Waals surface area (Å²) in [4.78, 5) is 0. The van der Waals surface area contributed by atoms with Gasteiger partial charge in [-0.15, -0.1) is 0 Å². The van der Waals surface area contributed by atoms with E-state index in [4.69, 9.17) is 0 Å². The number of benzene rings is 1. The number of sulfonamides is 1. The highest BCUT2D eigenvalue weighted by Crippen LogP contribution is 2.26. The summed E-state index contributed by atoms with van der Waals surface area (Å²) >= 11 is 0. The molecule has 0 spiro atoms. The van der Waals surface area contributed by atoms with Gasteiger partial charge in [-0.05, 0) is 18.4 Å². The Morgan fingerprint density at radius 3 is 2.56 bits per heavy atom. The zero-order valence-electron chi connectivity index (χ0n) is 9.33. The molecule has 1 aromatic carbocycles. The fourth-order valence-corrected chi connectivity index (χ4v) is 2.92. The highest BCUT2D eigenvalue weighted by atomic mass is 32.2. The highest BCUT2D eigenvalue weighted by Gasteiger charge is 2.26. The zero-order chi connectivity index (χ0) is 11.6. The average Bonchev–Trinajstić information content (AvgIpc) is 2.29. The molecular weight excluding hydrogens is 222 g/mol. The predicted molar refractivity (Wildman–Crippen MR) is 64.5 cm³/mol. The first-order valence-electron chi connectivity index (χ1n) is 5.41. The van der Waals surface area contributed by atoms with Crippen molar-refractivity contribution in [3.8, 4) is 0 Å². The van der Waals surface area contributed by atoms with Crippen LogP contribution in [0.2, 0.25) is 0 Å². The van der Waals surface area contributed by atoms with Gasteiger partial charge >= 0.3 is 0 Å². The minimum atomic E-state index is -3.05. The lowest BCUT2D eigenvalue weighted by molar-refractivity contribution is 0.362. The van der Waals surface area contributed by atoms with Crippen LogP contribution in [0.5, 0.6) is 0 Å². The third kappa shape index (κ3) is 2.62. The average molecular weight is 238 g/mol. The van der Waals surface area contributed by atoms with Crippen LogP contribution in [0, 0.1) is 6.42 Å². The summed E-state index contributed by atoms with van der Waals surface area (Å²) in [5.74, 6) is 0.227. The van der Waals surface area contributed by atoms with E-state index in [1.165, 1.54) is 11.8 Å². The number of hydrogen-bond donors (Lipinski definition) is 0. The van der Waals surface area contributed by atoms with Crippen molar-refractivity contribution < 1.29 is 8.42 Å². The van der Waals surface area contributed by atoms with Crippen molar-refractivity contribution in [2.45, 2.75) is 12.3 Å². The lowest BCUT2D eigenvalue weighted by Crippen LogP contribution is -2.38. The Morgan fingerprint density at radius 1 is 1.25 bits per heavy atom. The van der Waals surface area contributed by atoms with Crippen molar-refractivity contribution in [1.82, 2.24) is 4.31 Å². The minimum Gasteiger partial charge on any atom is -0.213 e. The van der Waals surface area contributed by atoms with E-state index in [0.29, 0.717) is 13.1 Å². The summed E-state index contributed by atoms with van der Waals surface area (Å²) in [5, 5.41) is 0. The zero-order valence-corrected chi connectivity index (χ0v) is 10.2. The van der Waals surface area contributed by atoms with Crippen molar-refractivity contribution in [3.05, 3.63) is 42.3 Å². The predicted octanol–water partition coefficient (Wildman–Crippen LogP) is 1.64. The molecule has 1 radical (unpaired) electrons. The van der Waals surface area contributed by atoms with Crippen LogP contribution in [0.1, 0.15) is 17.9 Å². The van der Waals surface area contributed by atoms with Gasteiger partial charge in [0, 0.05) is 19.0 Å². The van der Waals surface area contributed by atoms with E-state index in [9.17, 15) is 8.42 Å². The molecule has 0 saturated carbocycles.